The number of benzene rings is 1. The van der Waals surface area contributed by atoms with Crippen LogP contribution in [0, 0.1) is 5.82 Å². The Labute approximate surface area is 166 Å². The van der Waals surface area contributed by atoms with Gasteiger partial charge in [0.15, 0.2) is 5.96 Å². The van der Waals surface area contributed by atoms with E-state index in [0.29, 0.717) is 51.2 Å². The van der Waals surface area contributed by atoms with E-state index in [1.54, 1.807) is 13.1 Å². The van der Waals surface area contributed by atoms with Crippen molar-refractivity contribution in [3.63, 3.8) is 0 Å². The Kier molecular flexibility index (Phi) is 10.7. The number of morpholine rings is 1. The minimum atomic E-state index is -0.199. The van der Waals surface area contributed by atoms with Gasteiger partial charge in [-0.05, 0) is 24.6 Å². The van der Waals surface area contributed by atoms with Gasteiger partial charge in [0.05, 0.1) is 25.5 Å². The lowest BCUT2D eigenvalue weighted by molar-refractivity contribution is 0.122. The first-order valence-electron chi connectivity index (χ1n) is 8.38. The number of nitrogens with one attached hydrogen (secondary N) is 2. The summed E-state index contributed by atoms with van der Waals surface area (Å²) in [4.78, 5) is 6.16. The Morgan fingerprint density at radius 3 is 2.72 bits per heavy atom. The molecule has 2 rings (SSSR count). The van der Waals surface area contributed by atoms with Crippen LogP contribution >= 0.6 is 24.0 Å². The summed E-state index contributed by atoms with van der Waals surface area (Å²) < 4.78 is 24.9. The number of aliphatic imine (C=N–C) groups is 1. The van der Waals surface area contributed by atoms with Gasteiger partial charge >= 0.3 is 0 Å². The normalized spacial score (nSPS) is 14.8. The zero-order valence-corrected chi connectivity index (χ0v) is 17.2. The second-order valence-corrected chi connectivity index (χ2v) is 5.43. The molecule has 1 fully saturated rings. The summed E-state index contributed by atoms with van der Waals surface area (Å²) in [6, 6.07) is 5.35. The smallest absolute Gasteiger partial charge is 0.191 e. The summed E-state index contributed by atoms with van der Waals surface area (Å²) in [6.45, 7) is 7.21. The van der Waals surface area contributed by atoms with Gasteiger partial charge < -0.3 is 25.0 Å². The van der Waals surface area contributed by atoms with Crippen LogP contribution < -0.4 is 15.5 Å². The lowest BCUT2D eigenvalue weighted by atomic mass is 10.1. The number of hydrogen-bond donors (Lipinski definition) is 2. The van der Waals surface area contributed by atoms with Crippen molar-refractivity contribution < 1.29 is 13.9 Å². The van der Waals surface area contributed by atoms with E-state index in [0.717, 1.165) is 18.7 Å². The van der Waals surface area contributed by atoms with E-state index < -0.39 is 0 Å². The molecule has 0 amide bonds. The molecule has 0 atom stereocenters. The van der Waals surface area contributed by atoms with Gasteiger partial charge in [0.2, 0.25) is 0 Å². The van der Waals surface area contributed by atoms with Gasteiger partial charge in [-0.1, -0.05) is 6.07 Å². The topological polar surface area (TPSA) is 58.1 Å². The average molecular weight is 466 g/mol. The first-order valence-corrected chi connectivity index (χ1v) is 8.38. The van der Waals surface area contributed by atoms with E-state index in [1.165, 1.54) is 0 Å². The molecule has 0 aromatic heterocycles. The van der Waals surface area contributed by atoms with E-state index in [4.69, 9.17) is 9.47 Å². The van der Waals surface area contributed by atoms with Gasteiger partial charge in [-0.15, -0.1) is 24.0 Å². The second kappa shape index (κ2) is 12.3. The van der Waals surface area contributed by atoms with Gasteiger partial charge in [0.25, 0.3) is 0 Å². The van der Waals surface area contributed by atoms with E-state index in [2.05, 4.69) is 15.6 Å². The number of ether oxygens (including phenoxy) is 2. The average Bonchev–Trinajstić information content (AvgIpc) is 2.62. The number of anilines is 1. The van der Waals surface area contributed by atoms with Crippen LogP contribution in [0.3, 0.4) is 0 Å². The maximum atomic E-state index is 14.4. The SMILES string of the molecule is CCOCCNC(=NC)NCc1ccc(N2CCOCC2)c(F)c1.I. The van der Waals surface area contributed by atoms with Gasteiger partial charge in [-0.2, -0.15) is 0 Å². The fourth-order valence-electron chi connectivity index (χ4n) is 2.51. The van der Waals surface area contributed by atoms with Gasteiger partial charge in [0.1, 0.15) is 5.82 Å². The standard InChI is InChI=1S/C17H27FN4O2.HI/c1-3-23-9-6-20-17(19-2)21-13-14-4-5-16(15(18)12-14)22-7-10-24-11-8-22;/h4-5,12H,3,6-11,13H2,1-2H3,(H2,19,20,21);1H. The van der Waals surface area contributed by atoms with Gasteiger partial charge in [-0.25, -0.2) is 4.39 Å². The summed E-state index contributed by atoms with van der Waals surface area (Å²) in [5.74, 6) is 0.475. The van der Waals surface area contributed by atoms with Crippen LogP contribution in [-0.4, -0.2) is 59.1 Å². The van der Waals surface area contributed by atoms with Crippen LogP contribution in [0.2, 0.25) is 0 Å². The van der Waals surface area contributed by atoms with Crippen molar-refractivity contribution >= 4 is 35.6 Å². The molecule has 0 saturated carbocycles. The first-order chi connectivity index (χ1) is 11.7. The Morgan fingerprint density at radius 2 is 2.08 bits per heavy atom. The highest BCUT2D eigenvalue weighted by Gasteiger charge is 2.15. The molecule has 0 unspecified atom stereocenters. The predicted octanol–water partition coefficient (Wildman–Crippen LogP) is 1.98. The zero-order valence-electron chi connectivity index (χ0n) is 14.9. The summed E-state index contributed by atoms with van der Waals surface area (Å²) in [7, 11) is 1.71. The van der Waals surface area contributed by atoms with Crippen molar-refractivity contribution in [1.29, 1.82) is 0 Å². The lowest BCUT2D eigenvalue weighted by Crippen LogP contribution is -2.38. The van der Waals surface area contributed by atoms with Crippen molar-refractivity contribution in [3.05, 3.63) is 29.6 Å². The first kappa shape index (κ1) is 21.9. The second-order valence-electron chi connectivity index (χ2n) is 5.43. The number of nitrogens with zero attached hydrogens (tertiary/aromatic N) is 2. The third kappa shape index (κ3) is 7.33. The molecular formula is C17H28FIN4O2. The van der Waals surface area contributed by atoms with Crippen LogP contribution in [0.5, 0.6) is 0 Å². The zero-order chi connectivity index (χ0) is 17.2. The third-order valence-electron chi connectivity index (χ3n) is 3.79. The summed E-state index contributed by atoms with van der Waals surface area (Å²) in [5, 5.41) is 6.32. The molecule has 2 N–H and O–H groups in total. The van der Waals surface area contributed by atoms with Crippen molar-refractivity contribution in [1.82, 2.24) is 10.6 Å². The monoisotopic (exact) mass is 466 g/mol. The van der Waals surface area contributed by atoms with Gasteiger partial charge in [0, 0.05) is 39.8 Å². The van der Waals surface area contributed by atoms with E-state index in [9.17, 15) is 4.39 Å². The quantitative estimate of drug-likeness (QED) is 0.279. The molecule has 1 heterocycles. The minimum Gasteiger partial charge on any atom is -0.380 e. The van der Waals surface area contributed by atoms with Crippen LogP contribution in [0.25, 0.3) is 0 Å². The van der Waals surface area contributed by atoms with Crippen molar-refractivity contribution in [2.45, 2.75) is 13.5 Å². The van der Waals surface area contributed by atoms with E-state index >= 15 is 0 Å². The molecule has 25 heavy (non-hydrogen) atoms. The number of rotatable bonds is 7. The Morgan fingerprint density at radius 1 is 1.32 bits per heavy atom. The van der Waals surface area contributed by atoms with Crippen LogP contribution in [-0.2, 0) is 16.0 Å². The maximum Gasteiger partial charge on any atom is 0.191 e. The van der Waals surface area contributed by atoms with Crippen molar-refractivity contribution in [2.75, 3.05) is 58.0 Å². The molecule has 0 radical (unpaired) electrons. The molecule has 0 aliphatic carbocycles. The van der Waals surface area contributed by atoms with Crippen molar-refractivity contribution in [2.24, 2.45) is 4.99 Å². The molecule has 6 nitrogen and oxygen atoms in total. The van der Waals surface area contributed by atoms with E-state index in [-0.39, 0.29) is 29.8 Å². The maximum absolute atomic E-state index is 14.4. The summed E-state index contributed by atoms with van der Waals surface area (Å²) in [6.07, 6.45) is 0. The van der Waals surface area contributed by atoms with Crippen LogP contribution in [0.4, 0.5) is 10.1 Å². The molecule has 8 heteroatoms. The molecule has 1 aliphatic rings. The lowest BCUT2D eigenvalue weighted by Gasteiger charge is -2.29. The molecule has 1 aliphatic heterocycles. The van der Waals surface area contributed by atoms with E-state index in [1.807, 2.05) is 24.0 Å². The predicted molar refractivity (Wildman–Crippen MR) is 110 cm³/mol. The summed E-state index contributed by atoms with van der Waals surface area (Å²) in [5.41, 5.74) is 1.51. The van der Waals surface area contributed by atoms with Crippen LogP contribution in [0.15, 0.2) is 23.2 Å². The molecule has 1 aromatic carbocycles. The Bertz CT molecular complexity index is 539. The Balaban J connectivity index is 0.00000312. The molecule has 0 bridgehead atoms. The molecular weight excluding hydrogens is 438 g/mol. The largest absolute Gasteiger partial charge is 0.380 e. The Hall–Kier alpha value is -1.13. The summed E-state index contributed by atoms with van der Waals surface area (Å²) >= 11 is 0. The number of guanidine groups is 1. The minimum absolute atomic E-state index is 0. The highest BCUT2D eigenvalue weighted by atomic mass is 127. The fourth-order valence-corrected chi connectivity index (χ4v) is 2.51. The number of halogens is 2. The molecule has 1 aromatic rings. The number of hydrogen-bond acceptors (Lipinski definition) is 4. The molecule has 142 valence electrons. The molecule has 0 spiro atoms. The van der Waals surface area contributed by atoms with Gasteiger partial charge in [-0.3, -0.25) is 4.99 Å². The third-order valence-corrected chi connectivity index (χ3v) is 3.79. The van der Waals surface area contributed by atoms with Crippen molar-refractivity contribution in [3.8, 4) is 0 Å². The highest BCUT2D eigenvalue weighted by Crippen LogP contribution is 2.21. The highest BCUT2D eigenvalue weighted by molar-refractivity contribution is 14.0. The fraction of sp³-hybridized carbons (Fsp3) is 0.588. The van der Waals surface area contributed by atoms with Crippen LogP contribution in [0.1, 0.15) is 12.5 Å². The molecule has 1 saturated heterocycles.